The minimum Gasteiger partial charge on any atom is -0.457 e. The molecule has 0 aromatic heterocycles. The molecule has 2 amide bonds. The molecule has 1 fully saturated rings. The molecule has 1 N–H and O–H groups in total. The van der Waals surface area contributed by atoms with Gasteiger partial charge in [-0.25, -0.2) is 4.79 Å². The van der Waals surface area contributed by atoms with Crippen LogP contribution in [0.25, 0.3) is 0 Å². The summed E-state index contributed by atoms with van der Waals surface area (Å²) in [6.45, 7) is 3.54. The molecule has 0 aliphatic carbocycles. The summed E-state index contributed by atoms with van der Waals surface area (Å²) in [6, 6.07) is 23.7. The highest BCUT2D eigenvalue weighted by Crippen LogP contribution is 2.35. The molecule has 1 aliphatic heterocycles. The Morgan fingerprint density at radius 2 is 1.48 bits per heavy atom. The zero-order valence-corrected chi connectivity index (χ0v) is 16.1. The van der Waals surface area contributed by atoms with E-state index < -0.39 is 17.6 Å². The van der Waals surface area contributed by atoms with Crippen molar-refractivity contribution in [3.05, 3.63) is 90.0 Å². The van der Waals surface area contributed by atoms with Crippen LogP contribution in [0.2, 0.25) is 0 Å². The number of amides is 2. The maximum atomic E-state index is 13.0. The van der Waals surface area contributed by atoms with E-state index in [-0.39, 0.29) is 0 Å². The molecule has 6 nitrogen and oxygen atoms in total. The molecular formula is C23H20N2O4. The highest BCUT2D eigenvalue weighted by molar-refractivity contribution is 6.04. The van der Waals surface area contributed by atoms with Crippen molar-refractivity contribution < 1.29 is 19.1 Å². The van der Waals surface area contributed by atoms with Gasteiger partial charge in [0, 0.05) is 5.56 Å². The van der Waals surface area contributed by atoms with Gasteiger partial charge in [-0.15, -0.1) is 5.01 Å². The van der Waals surface area contributed by atoms with Crippen molar-refractivity contribution >= 4 is 17.7 Å². The third-order valence-corrected chi connectivity index (χ3v) is 4.76. The fourth-order valence-corrected chi connectivity index (χ4v) is 3.06. The van der Waals surface area contributed by atoms with E-state index in [4.69, 9.17) is 9.47 Å². The molecule has 146 valence electrons. The number of benzene rings is 3. The Kier molecular flexibility index (Phi) is 4.68. The standard InChI is InChI=1S/C23H20N2O4/c1-16-8-12-18(13-9-16)24-25-21(26)23(2,29-22(25)27)17-10-14-20(15-11-17)28-19-6-4-3-5-7-19/h3-15,24H,1-2H3. The zero-order chi connectivity index (χ0) is 20.4. The zero-order valence-electron chi connectivity index (χ0n) is 16.1. The molecule has 4 rings (SSSR count). The molecule has 1 atom stereocenters. The number of hydrogen-bond donors (Lipinski definition) is 1. The lowest BCUT2D eigenvalue weighted by molar-refractivity contribution is -0.135. The number of carbonyl (C=O) groups excluding carboxylic acids is 2. The van der Waals surface area contributed by atoms with Gasteiger partial charge in [0.25, 0.3) is 5.91 Å². The predicted molar refractivity (Wildman–Crippen MR) is 108 cm³/mol. The first kappa shape index (κ1) is 18.6. The van der Waals surface area contributed by atoms with Gasteiger partial charge in [-0.1, -0.05) is 48.0 Å². The van der Waals surface area contributed by atoms with Crippen molar-refractivity contribution in [2.45, 2.75) is 19.4 Å². The number of nitrogens with one attached hydrogen (secondary N) is 1. The predicted octanol–water partition coefficient (Wildman–Crippen LogP) is 5.01. The molecule has 3 aromatic rings. The number of anilines is 1. The Labute approximate surface area is 168 Å². The van der Waals surface area contributed by atoms with Crippen LogP contribution in [-0.4, -0.2) is 17.0 Å². The lowest BCUT2D eigenvalue weighted by Crippen LogP contribution is -2.40. The van der Waals surface area contributed by atoms with Gasteiger partial charge in [0.2, 0.25) is 5.60 Å². The van der Waals surface area contributed by atoms with E-state index in [1.807, 2.05) is 49.4 Å². The summed E-state index contributed by atoms with van der Waals surface area (Å²) >= 11 is 0. The summed E-state index contributed by atoms with van der Waals surface area (Å²) in [4.78, 5) is 25.3. The summed E-state index contributed by atoms with van der Waals surface area (Å²) in [5, 5.41) is 0.902. The van der Waals surface area contributed by atoms with Gasteiger partial charge in [0.05, 0.1) is 5.69 Å². The van der Waals surface area contributed by atoms with E-state index in [0.717, 1.165) is 10.6 Å². The Balaban J connectivity index is 1.52. The topological polar surface area (TPSA) is 67.9 Å². The molecule has 3 aromatic carbocycles. The number of carbonyl (C=O) groups is 2. The molecule has 1 heterocycles. The summed E-state index contributed by atoms with van der Waals surface area (Å²) in [5.41, 5.74) is 3.66. The van der Waals surface area contributed by atoms with Crippen LogP contribution in [0, 0.1) is 6.92 Å². The number of rotatable bonds is 5. The van der Waals surface area contributed by atoms with Crippen LogP contribution >= 0.6 is 0 Å². The maximum Gasteiger partial charge on any atom is 0.437 e. The number of aryl methyl sites for hydroxylation is 1. The van der Waals surface area contributed by atoms with Gasteiger partial charge >= 0.3 is 6.09 Å². The fraction of sp³-hybridized carbons (Fsp3) is 0.130. The number of para-hydroxylation sites is 1. The van der Waals surface area contributed by atoms with Crippen LogP contribution in [-0.2, 0) is 15.1 Å². The second-order valence-electron chi connectivity index (χ2n) is 6.96. The fourth-order valence-electron chi connectivity index (χ4n) is 3.06. The molecule has 1 unspecified atom stereocenters. The van der Waals surface area contributed by atoms with Crippen molar-refractivity contribution in [2.75, 3.05) is 5.43 Å². The van der Waals surface area contributed by atoms with Gasteiger partial charge in [-0.05, 0) is 50.2 Å². The molecule has 0 saturated carbocycles. The minimum atomic E-state index is -1.42. The highest BCUT2D eigenvalue weighted by Gasteiger charge is 2.52. The quantitative estimate of drug-likeness (QED) is 0.666. The van der Waals surface area contributed by atoms with E-state index in [9.17, 15) is 9.59 Å². The number of imide groups is 1. The maximum absolute atomic E-state index is 13.0. The normalized spacial score (nSPS) is 18.5. The van der Waals surface area contributed by atoms with Gasteiger partial charge in [-0.3, -0.25) is 10.2 Å². The number of hydrogen-bond acceptors (Lipinski definition) is 5. The Hall–Kier alpha value is -3.80. The average molecular weight is 388 g/mol. The van der Waals surface area contributed by atoms with Crippen molar-refractivity contribution in [1.82, 2.24) is 5.01 Å². The summed E-state index contributed by atoms with van der Waals surface area (Å²) < 4.78 is 11.2. The van der Waals surface area contributed by atoms with E-state index in [2.05, 4.69) is 5.43 Å². The van der Waals surface area contributed by atoms with Gasteiger partial charge in [-0.2, -0.15) is 0 Å². The first-order valence-corrected chi connectivity index (χ1v) is 9.20. The minimum absolute atomic E-state index is 0.486. The lowest BCUT2D eigenvalue weighted by Gasteiger charge is -2.21. The average Bonchev–Trinajstić information content (AvgIpc) is 2.95. The Bertz CT molecular complexity index is 1030. The Morgan fingerprint density at radius 3 is 2.14 bits per heavy atom. The first-order chi connectivity index (χ1) is 14.0. The molecular weight excluding hydrogens is 368 g/mol. The van der Waals surface area contributed by atoms with Crippen LogP contribution in [0.4, 0.5) is 10.5 Å². The monoisotopic (exact) mass is 388 g/mol. The third kappa shape index (κ3) is 3.65. The van der Waals surface area contributed by atoms with Crippen molar-refractivity contribution in [2.24, 2.45) is 0 Å². The summed E-state index contributed by atoms with van der Waals surface area (Å²) in [5.74, 6) is 0.845. The van der Waals surface area contributed by atoms with Crippen molar-refractivity contribution in [1.29, 1.82) is 0 Å². The molecule has 0 bridgehead atoms. The van der Waals surface area contributed by atoms with Gasteiger partial charge < -0.3 is 9.47 Å². The van der Waals surface area contributed by atoms with E-state index in [1.165, 1.54) is 0 Å². The van der Waals surface area contributed by atoms with E-state index in [0.29, 0.717) is 22.7 Å². The first-order valence-electron chi connectivity index (χ1n) is 9.20. The van der Waals surface area contributed by atoms with Crippen molar-refractivity contribution in [3.8, 4) is 11.5 Å². The summed E-state index contributed by atoms with van der Waals surface area (Å²) in [6.07, 6.45) is -0.748. The molecule has 1 aliphatic rings. The van der Waals surface area contributed by atoms with Crippen LogP contribution in [0.1, 0.15) is 18.1 Å². The van der Waals surface area contributed by atoms with E-state index in [1.54, 1.807) is 43.3 Å². The number of ether oxygens (including phenoxy) is 2. The number of nitrogens with zero attached hydrogens (tertiary/aromatic N) is 1. The van der Waals surface area contributed by atoms with Crippen molar-refractivity contribution in [3.63, 3.8) is 0 Å². The SMILES string of the molecule is Cc1ccc(NN2C(=O)OC(C)(c3ccc(Oc4ccccc4)cc3)C2=O)cc1. The molecule has 0 spiro atoms. The molecule has 6 heteroatoms. The number of hydrazine groups is 1. The second-order valence-corrected chi connectivity index (χ2v) is 6.96. The van der Waals surface area contributed by atoms with Gasteiger partial charge in [0.1, 0.15) is 11.5 Å². The smallest absolute Gasteiger partial charge is 0.437 e. The largest absolute Gasteiger partial charge is 0.457 e. The Morgan fingerprint density at radius 1 is 0.862 bits per heavy atom. The van der Waals surface area contributed by atoms with Crippen LogP contribution in [0.15, 0.2) is 78.9 Å². The van der Waals surface area contributed by atoms with E-state index >= 15 is 0 Å². The van der Waals surface area contributed by atoms with Crippen LogP contribution < -0.4 is 10.2 Å². The summed E-state index contributed by atoms with van der Waals surface area (Å²) in [7, 11) is 0. The molecule has 0 radical (unpaired) electrons. The second kappa shape index (κ2) is 7.31. The molecule has 29 heavy (non-hydrogen) atoms. The highest BCUT2D eigenvalue weighted by atomic mass is 16.6. The lowest BCUT2D eigenvalue weighted by atomic mass is 9.95. The van der Waals surface area contributed by atoms with Crippen LogP contribution in [0.3, 0.4) is 0 Å². The molecule has 1 saturated heterocycles. The van der Waals surface area contributed by atoms with Gasteiger partial charge in [0.15, 0.2) is 0 Å². The number of cyclic esters (lactones) is 1. The third-order valence-electron chi connectivity index (χ3n) is 4.76. The van der Waals surface area contributed by atoms with Crippen LogP contribution in [0.5, 0.6) is 11.5 Å².